The number of rotatable bonds is 5. The Morgan fingerprint density at radius 1 is 0.519 bits per heavy atom. The average Bonchev–Trinajstić information content (AvgIpc) is 3.91. The first-order chi connectivity index (χ1) is 26.6. The van der Waals surface area contributed by atoms with E-state index in [1.807, 2.05) is 53.8 Å². The van der Waals surface area contributed by atoms with Crippen molar-refractivity contribution in [1.29, 1.82) is 0 Å². The van der Waals surface area contributed by atoms with Crippen LogP contribution in [0.5, 0.6) is 0 Å². The molecule has 0 aliphatic heterocycles. The summed E-state index contributed by atoms with van der Waals surface area (Å²) in [6, 6.07) is 47.3. The topological polar surface area (TPSA) is 56.5 Å². The van der Waals surface area contributed by atoms with Crippen LogP contribution in [0.4, 0.5) is 0 Å². The van der Waals surface area contributed by atoms with Gasteiger partial charge in [-0.25, -0.2) is 19.9 Å². The van der Waals surface area contributed by atoms with Crippen LogP contribution in [0.15, 0.2) is 164 Å². The average molecular weight is 728 g/mol. The highest BCUT2D eigenvalue weighted by atomic mass is 32.1. The molecule has 4 aromatic heterocycles. The summed E-state index contributed by atoms with van der Waals surface area (Å²) in [5.74, 6) is 1.96. The molecule has 0 unspecified atom stereocenters. The zero-order chi connectivity index (χ0) is 35.8. The van der Waals surface area contributed by atoms with Crippen LogP contribution in [0.25, 0.3) is 96.8 Å². The van der Waals surface area contributed by atoms with Crippen molar-refractivity contribution < 1.29 is 0 Å². The molecule has 0 radical (unpaired) electrons. The van der Waals surface area contributed by atoms with Crippen LogP contribution < -0.4 is 0 Å². The molecule has 11 rings (SSSR count). The zero-order valence-electron chi connectivity index (χ0n) is 28.9. The summed E-state index contributed by atoms with van der Waals surface area (Å²) >= 11 is 3.54. The van der Waals surface area contributed by atoms with Crippen molar-refractivity contribution in [3.63, 3.8) is 0 Å². The number of allylic oxidation sites excluding steroid dienone is 5. The van der Waals surface area contributed by atoms with Crippen molar-refractivity contribution in [3.05, 3.63) is 170 Å². The lowest BCUT2D eigenvalue weighted by molar-refractivity contribution is 1.02. The van der Waals surface area contributed by atoms with Gasteiger partial charge in [-0.2, -0.15) is 0 Å². The van der Waals surface area contributed by atoms with Crippen LogP contribution in [-0.4, -0.2) is 24.5 Å². The third kappa shape index (κ3) is 5.12. The SMILES string of the molecule is C=C1C=CC=C(c2nc(-c3ccccc3)nc(-c3ccc4nc(-c5cccc(-n6c7ccccc7c7cc8c(cc76)sc6ccccc68)c5)sc4c3)n2)C1. The first-order valence-electron chi connectivity index (χ1n) is 17.9. The van der Waals surface area contributed by atoms with Crippen LogP contribution in [0.2, 0.25) is 0 Å². The summed E-state index contributed by atoms with van der Waals surface area (Å²) in [5, 5.41) is 6.11. The van der Waals surface area contributed by atoms with E-state index in [0.717, 1.165) is 48.7 Å². The number of thiazole rings is 1. The minimum atomic E-state index is 0.637. The normalized spacial score (nSPS) is 13.2. The van der Waals surface area contributed by atoms with E-state index in [1.165, 1.54) is 42.0 Å². The standard InChI is InChI=1S/C47H29N5S2/c1-28-11-9-14-30(23-28)45-49-44(29-12-3-2-4-13-29)50-46(51-45)31-21-22-38-43(25-31)54-47(48-38)32-15-10-16-33(24-32)52-39-19-7-5-17-34(39)36-26-37-35-18-6-8-20-41(35)53-42(37)27-40(36)52/h2-22,24-27H,1,23H2. The number of thiophene rings is 1. The summed E-state index contributed by atoms with van der Waals surface area (Å²) in [4.78, 5) is 20.0. The predicted molar refractivity (Wildman–Crippen MR) is 227 cm³/mol. The predicted octanol–water partition coefficient (Wildman–Crippen LogP) is 12.8. The zero-order valence-corrected chi connectivity index (χ0v) is 30.5. The molecule has 0 atom stereocenters. The number of fused-ring (bicyclic) bond motifs is 7. The van der Waals surface area contributed by atoms with E-state index in [1.54, 1.807) is 11.3 Å². The molecular weight excluding hydrogens is 699 g/mol. The van der Waals surface area contributed by atoms with Crippen molar-refractivity contribution in [2.45, 2.75) is 6.42 Å². The van der Waals surface area contributed by atoms with E-state index in [2.05, 4.69) is 120 Å². The molecule has 0 amide bonds. The molecule has 0 N–H and O–H groups in total. The number of para-hydroxylation sites is 1. The highest BCUT2D eigenvalue weighted by Gasteiger charge is 2.18. The molecule has 0 bridgehead atoms. The van der Waals surface area contributed by atoms with Gasteiger partial charge in [0.05, 0.1) is 21.3 Å². The lowest BCUT2D eigenvalue weighted by Gasteiger charge is -2.12. The second-order valence-corrected chi connectivity index (χ2v) is 15.7. The second kappa shape index (κ2) is 12.3. The van der Waals surface area contributed by atoms with Crippen LogP contribution in [0.1, 0.15) is 12.2 Å². The van der Waals surface area contributed by atoms with Crippen molar-refractivity contribution in [2.24, 2.45) is 0 Å². The van der Waals surface area contributed by atoms with Gasteiger partial charge in [0.15, 0.2) is 17.5 Å². The van der Waals surface area contributed by atoms with Gasteiger partial charge in [0.2, 0.25) is 0 Å². The Balaban J connectivity index is 1.01. The molecule has 10 aromatic rings. The maximum Gasteiger partial charge on any atom is 0.164 e. The smallest absolute Gasteiger partial charge is 0.164 e. The van der Waals surface area contributed by atoms with Crippen LogP contribution in [-0.2, 0) is 0 Å². The third-order valence-corrected chi connectivity index (χ3v) is 12.4. The maximum atomic E-state index is 5.13. The van der Waals surface area contributed by atoms with Gasteiger partial charge in [0, 0.05) is 65.3 Å². The Hall–Kier alpha value is -6.54. The summed E-state index contributed by atoms with van der Waals surface area (Å²) in [6.45, 7) is 4.17. The van der Waals surface area contributed by atoms with Gasteiger partial charge in [0.25, 0.3) is 0 Å². The molecular formula is C47H29N5S2. The number of nitrogens with zero attached hydrogens (tertiary/aromatic N) is 5. The number of aromatic nitrogens is 5. The fourth-order valence-corrected chi connectivity index (χ4v) is 9.73. The summed E-state index contributed by atoms with van der Waals surface area (Å²) in [7, 11) is 0. The fourth-order valence-electron chi connectivity index (χ4n) is 7.61. The summed E-state index contributed by atoms with van der Waals surface area (Å²) in [6.07, 6.45) is 6.81. The van der Waals surface area contributed by atoms with Gasteiger partial charge < -0.3 is 4.57 Å². The minimum absolute atomic E-state index is 0.637. The molecule has 254 valence electrons. The number of hydrogen-bond donors (Lipinski definition) is 0. The third-order valence-electron chi connectivity index (χ3n) is 10.2. The lowest BCUT2D eigenvalue weighted by atomic mass is 10.0. The van der Waals surface area contributed by atoms with Gasteiger partial charge in [-0.3, -0.25) is 0 Å². The first-order valence-corrected chi connectivity index (χ1v) is 19.5. The lowest BCUT2D eigenvalue weighted by Crippen LogP contribution is -2.04. The number of hydrogen-bond acceptors (Lipinski definition) is 6. The van der Waals surface area contributed by atoms with E-state index in [-0.39, 0.29) is 0 Å². The molecule has 1 aliphatic rings. The molecule has 0 spiro atoms. The van der Waals surface area contributed by atoms with Gasteiger partial charge in [0.1, 0.15) is 5.01 Å². The molecule has 6 aromatic carbocycles. The molecule has 0 saturated heterocycles. The Morgan fingerprint density at radius 3 is 2.19 bits per heavy atom. The van der Waals surface area contributed by atoms with Crippen molar-refractivity contribution >= 4 is 80.4 Å². The molecule has 0 fully saturated rings. The Labute approximate surface area is 318 Å². The quantitative estimate of drug-likeness (QED) is 0.177. The number of benzene rings is 6. The summed E-state index contributed by atoms with van der Waals surface area (Å²) < 4.78 is 6.09. The van der Waals surface area contributed by atoms with Crippen molar-refractivity contribution in [1.82, 2.24) is 24.5 Å². The van der Waals surface area contributed by atoms with Gasteiger partial charge in [-0.15, -0.1) is 22.7 Å². The molecule has 54 heavy (non-hydrogen) atoms. The molecule has 5 nitrogen and oxygen atoms in total. The second-order valence-electron chi connectivity index (χ2n) is 13.6. The first kappa shape index (κ1) is 31.0. The van der Waals surface area contributed by atoms with Crippen LogP contribution in [0.3, 0.4) is 0 Å². The van der Waals surface area contributed by atoms with Gasteiger partial charge >= 0.3 is 0 Å². The summed E-state index contributed by atoms with van der Waals surface area (Å²) in [5.41, 5.74) is 9.47. The highest BCUT2D eigenvalue weighted by Crippen LogP contribution is 2.41. The Bertz CT molecular complexity index is 3220. The van der Waals surface area contributed by atoms with Crippen molar-refractivity contribution in [2.75, 3.05) is 0 Å². The molecule has 0 saturated carbocycles. The Kier molecular flexibility index (Phi) is 7.05. The highest BCUT2D eigenvalue weighted by molar-refractivity contribution is 7.25. The molecule has 7 heteroatoms. The monoisotopic (exact) mass is 727 g/mol. The van der Waals surface area contributed by atoms with Gasteiger partial charge in [-0.1, -0.05) is 109 Å². The van der Waals surface area contributed by atoms with E-state index >= 15 is 0 Å². The maximum absolute atomic E-state index is 5.13. The largest absolute Gasteiger partial charge is 0.309 e. The minimum Gasteiger partial charge on any atom is -0.309 e. The van der Waals surface area contributed by atoms with E-state index < -0.39 is 0 Å². The fraction of sp³-hybridized carbons (Fsp3) is 0.0213. The van der Waals surface area contributed by atoms with E-state index in [4.69, 9.17) is 19.9 Å². The van der Waals surface area contributed by atoms with Crippen LogP contribution in [0, 0.1) is 0 Å². The van der Waals surface area contributed by atoms with E-state index in [0.29, 0.717) is 23.9 Å². The van der Waals surface area contributed by atoms with Gasteiger partial charge in [-0.05, 0) is 54.6 Å². The molecule has 1 aliphatic carbocycles. The van der Waals surface area contributed by atoms with Crippen molar-refractivity contribution in [3.8, 4) is 39.0 Å². The Morgan fingerprint density at radius 2 is 1.30 bits per heavy atom. The van der Waals surface area contributed by atoms with E-state index in [9.17, 15) is 0 Å². The van der Waals surface area contributed by atoms with Crippen LogP contribution >= 0.6 is 22.7 Å². The molecule has 4 heterocycles.